The summed E-state index contributed by atoms with van der Waals surface area (Å²) in [6.45, 7) is 8.98. The lowest BCUT2D eigenvalue weighted by molar-refractivity contribution is 0.0381. The van der Waals surface area contributed by atoms with Crippen molar-refractivity contribution in [2.75, 3.05) is 51.3 Å². The molecule has 0 spiro atoms. The Morgan fingerprint density at radius 2 is 1.84 bits per heavy atom. The summed E-state index contributed by atoms with van der Waals surface area (Å²) in [6, 6.07) is 11.3. The minimum absolute atomic E-state index is 0.00953. The van der Waals surface area contributed by atoms with Gasteiger partial charge in [-0.2, -0.15) is 18.0 Å². The molecule has 2 N–H and O–H groups in total. The Labute approximate surface area is 256 Å². The molecule has 0 radical (unpaired) electrons. The molecule has 3 aromatic rings. The van der Waals surface area contributed by atoms with Gasteiger partial charge in [0.1, 0.15) is 28.7 Å². The maximum absolute atomic E-state index is 13.1. The minimum Gasteiger partial charge on any atom is -0.456 e. The van der Waals surface area contributed by atoms with Crippen LogP contribution in [0.15, 0.2) is 47.5 Å². The molecule has 0 saturated heterocycles. The fourth-order valence-corrected chi connectivity index (χ4v) is 4.66. The van der Waals surface area contributed by atoms with Crippen molar-refractivity contribution in [1.82, 2.24) is 19.2 Å². The van der Waals surface area contributed by atoms with Crippen LogP contribution in [-0.2, 0) is 31.0 Å². The van der Waals surface area contributed by atoms with Crippen LogP contribution in [0.25, 0.3) is 10.9 Å². The summed E-state index contributed by atoms with van der Waals surface area (Å²) in [4.78, 5) is 29.1. The SMILES string of the molecule is CCN(C)S(=O)(=O)Nc1cccc(Oc2ccc3ncn(CCOCCOCCNC(=O)OC(C)(C)C)c(=O)c3c2)c1C#N. The van der Waals surface area contributed by atoms with Gasteiger partial charge in [0.05, 0.1) is 55.9 Å². The van der Waals surface area contributed by atoms with Gasteiger partial charge in [-0.25, -0.2) is 9.78 Å². The number of nitrogens with zero attached hydrogens (tertiary/aromatic N) is 4. The van der Waals surface area contributed by atoms with Crippen LogP contribution in [0.3, 0.4) is 0 Å². The number of fused-ring (bicyclic) bond motifs is 1. The Bertz CT molecular complexity index is 1650. The van der Waals surface area contributed by atoms with Gasteiger partial charge in [0.15, 0.2) is 0 Å². The van der Waals surface area contributed by atoms with E-state index in [0.29, 0.717) is 37.3 Å². The zero-order valence-corrected chi connectivity index (χ0v) is 26.3. The average Bonchev–Trinajstić information content (AvgIpc) is 2.96. The highest BCUT2D eigenvalue weighted by atomic mass is 32.2. The summed E-state index contributed by atoms with van der Waals surface area (Å²) in [6.07, 6.45) is 0.928. The van der Waals surface area contributed by atoms with Gasteiger partial charge in [-0.05, 0) is 51.1 Å². The van der Waals surface area contributed by atoms with Crippen molar-refractivity contribution in [3.05, 3.63) is 58.6 Å². The summed E-state index contributed by atoms with van der Waals surface area (Å²) in [7, 11) is -2.44. The summed E-state index contributed by atoms with van der Waals surface area (Å²) >= 11 is 0. The van der Waals surface area contributed by atoms with Crippen LogP contribution in [0.1, 0.15) is 33.3 Å². The van der Waals surface area contributed by atoms with Gasteiger partial charge in [0.25, 0.3) is 5.56 Å². The smallest absolute Gasteiger partial charge is 0.407 e. The Morgan fingerprint density at radius 3 is 2.52 bits per heavy atom. The average molecular weight is 631 g/mol. The van der Waals surface area contributed by atoms with Crippen LogP contribution in [0.5, 0.6) is 11.5 Å². The molecule has 1 amide bonds. The highest BCUT2D eigenvalue weighted by molar-refractivity contribution is 7.90. The van der Waals surface area contributed by atoms with E-state index in [2.05, 4.69) is 15.0 Å². The predicted molar refractivity (Wildman–Crippen MR) is 164 cm³/mol. The molecule has 0 fully saturated rings. The fraction of sp³-hybridized carbons (Fsp3) is 0.448. The third-order valence-corrected chi connectivity index (χ3v) is 7.58. The second-order valence-electron chi connectivity index (χ2n) is 10.5. The van der Waals surface area contributed by atoms with Crippen LogP contribution in [0, 0.1) is 11.3 Å². The molecule has 0 aliphatic rings. The topological polar surface area (TPSA) is 174 Å². The van der Waals surface area contributed by atoms with E-state index in [1.54, 1.807) is 45.9 Å². The molecule has 0 unspecified atom stereocenters. The van der Waals surface area contributed by atoms with Gasteiger partial charge in [0, 0.05) is 20.1 Å². The number of ether oxygens (including phenoxy) is 4. The van der Waals surface area contributed by atoms with E-state index in [1.807, 2.05) is 6.07 Å². The standard InChI is InChI=1S/C29H38N6O8S/c1-6-34(5)44(38,39)33-25-8-7-9-26(23(25)19-30)42-21-10-11-24-22(18-21)27(36)35(20-32-24)13-15-41-17-16-40-14-12-31-28(37)43-29(2,3)4/h7-11,18,20,33H,6,12-17H2,1-5H3,(H,31,37). The zero-order valence-electron chi connectivity index (χ0n) is 25.5. The summed E-state index contributed by atoms with van der Waals surface area (Å²) in [5.74, 6) is 0.387. The van der Waals surface area contributed by atoms with E-state index in [1.165, 1.54) is 36.1 Å². The number of aromatic nitrogens is 2. The maximum Gasteiger partial charge on any atom is 0.407 e. The summed E-state index contributed by atoms with van der Waals surface area (Å²) in [5.41, 5.74) is -0.358. The minimum atomic E-state index is -3.86. The molecule has 238 valence electrons. The van der Waals surface area contributed by atoms with Crippen LogP contribution in [0.2, 0.25) is 0 Å². The van der Waals surface area contributed by atoms with Gasteiger partial charge < -0.3 is 24.3 Å². The summed E-state index contributed by atoms with van der Waals surface area (Å²) < 4.78 is 52.0. The van der Waals surface area contributed by atoms with Crippen molar-refractivity contribution in [3.63, 3.8) is 0 Å². The lowest BCUT2D eigenvalue weighted by Gasteiger charge is -2.19. The third kappa shape index (κ3) is 9.91. The molecular weight excluding hydrogens is 592 g/mol. The van der Waals surface area contributed by atoms with E-state index >= 15 is 0 Å². The highest BCUT2D eigenvalue weighted by Gasteiger charge is 2.20. The van der Waals surface area contributed by atoms with Crippen molar-refractivity contribution >= 4 is 32.9 Å². The quantitative estimate of drug-likeness (QED) is 0.237. The van der Waals surface area contributed by atoms with Crippen LogP contribution < -0.4 is 20.3 Å². The Balaban J connectivity index is 1.57. The van der Waals surface area contributed by atoms with E-state index in [9.17, 15) is 23.3 Å². The molecule has 1 aromatic heterocycles. The zero-order chi connectivity index (χ0) is 32.3. The number of nitrogens with one attached hydrogen (secondary N) is 2. The fourth-order valence-electron chi connectivity index (χ4n) is 3.72. The van der Waals surface area contributed by atoms with E-state index in [0.717, 1.165) is 4.31 Å². The van der Waals surface area contributed by atoms with Crippen molar-refractivity contribution in [1.29, 1.82) is 5.26 Å². The number of benzene rings is 2. The number of carbonyl (C=O) groups excluding carboxylic acids is 1. The maximum atomic E-state index is 13.1. The van der Waals surface area contributed by atoms with Crippen molar-refractivity contribution in [2.24, 2.45) is 0 Å². The first-order valence-electron chi connectivity index (χ1n) is 13.9. The first kappa shape index (κ1) is 34.3. The van der Waals surface area contributed by atoms with Gasteiger partial charge >= 0.3 is 16.3 Å². The van der Waals surface area contributed by atoms with Crippen LogP contribution in [-0.4, -0.2) is 80.5 Å². The number of amides is 1. The number of nitriles is 1. The molecule has 44 heavy (non-hydrogen) atoms. The molecule has 0 aliphatic heterocycles. The second-order valence-corrected chi connectivity index (χ2v) is 12.3. The third-order valence-electron chi connectivity index (χ3n) is 6.02. The van der Waals surface area contributed by atoms with Crippen molar-refractivity contribution in [2.45, 2.75) is 39.8 Å². The Kier molecular flexibility index (Phi) is 12.1. The number of hydrogen-bond donors (Lipinski definition) is 2. The van der Waals surface area contributed by atoms with Gasteiger partial charge in [0.2, 0.25) is 0 Å². The van der Waals surface area contributed by atoms with Gasteiger partial charge in [-0.1, -0.05) is 13.0 Å². The first-order valence-corrected chi connectivity index (χ1v) is 15.3. The van der Waals surface area contributed by atoms with Crippen LogP contribution in [0.4, 0.5) is 10.5 Å². The predicted octanol–water partition coefficient (Wildman–Crippen LogP) is 3.23. The lowest BCUT2D eigenvalue weighted by Crippen LogP contribution is -2.34. The van der Waals surface area contributed by atoms with Crippen molar-refractivity contribution < 1.29 is 32.2 Å². The first-order chi connectivity index (χ1) is 20.8. The number of rotatable bonds is 15. The molecule has 1 heterocycles. The molecule has 0 bridgehead atoms. The number of anilines is 1. The highest BCUT2D eigenvalue weighted by Crippen LogP contribution is 2.31. The molecule has 0 aliphatic carbocycles. The van der Waals surface area contributed by atoms with E-state index < -0.39 is 21.9 Å². The number of carbonyl (C=O) groups is 1. The molecule has 0 atom stereocenters. The monoisotopic (exact) mass is 630 g/mol. The molecule has 14 nitrogen and oxygen atoms in total. The lowest BCUT2D eigenvalue weighted by atomic mass is 10.1. The number of alkyl carbamates (subject to hydrolysis) is 1. The second kappa shape index (κ2) is 15.5. The molecule has 2 aromatic carbocycles. The van der Waals surface area contributed by atoms with Gasteiger partial charge in [-0.3, -0.25) is 14.1 Å². The normalized spacial score (nSPS) is 11.8. The van der Waals surface area contributed by atoms with Gasteiger partial charge in [-0.15, -0.1) is 0 Å². The van der Waals surface area contributed by atoms with E-state index in [4.69, 9.17) is 18.9 Å². The van der Waals surface area contributed by atoms with Crippen LogP contribution >= 0.6 is 0 Å². The largest absolute Gasteiger partial charge is 0.456 e. The molecule has 15 heteroatoms. The number of hydrogen-bond acceptors (Lipinski definition) is 10. The molecular formula is C29H38N6O8S. The Morgan fingerprint density at radius 1 is 1.11 bits per heavy atom. The van der Waals surface area contributed by atoms with E-state index in [-0.39, 0.29) is 48.0 Å². The Hall–Kier alpha value is -4.23. The molecule has 3 rings (SSSR count). The van der Waals surface area contributed by atoms with Crippen molar-refractivity contribution in [3.8, 4) is 17.6 Å². The molecule has 0 saturated carbocycles. The summed E-state index contributed by atoms with van der Waals surface area (Å²) in [5, 5.41) is 12.7.